The molecular formula is C17H14N2O4S. The number of ether oxygens (including phenoxy) is 1. The summed E-state index contributed by atoms with van der Waals surface area (Å²) in [5, 5.41) is 3.27. The third-order valence-electron chi connectivity index (χ3n) is 3.11. The number of benzene rings is 1. The normalized spacial score (nSPS) is 10.4. The summed E-state index contributed by atoms with van der Waals surface area (Å²) in [7, 11) is 0. The predicted octanol–water partition coefficient (Wildman–Crippen LogP) is 3.89. The fraction of sp³-hybridized carbons (Fsp3) is 0.118. The molecular weight excluding hydrogens is 328 g/mol. The predicted molar refractivity (Wildman–Crippen MR) is 90.3 cm³/mol. The maximum atomic E-state index is 12.3. The minimum absolute atomic E-state index is 0.164. The zero-order valence-corrected chi connectivity index (χ0v) is 13.8. The van der Waals surface area contributed by atoms with Crippen LogP contribution < -0.4 is 10.1 Å². The van der Waals surface area contributed by atoms with Gasteiger partial charge >= 0.3 is 5.97 Å². The van der Waals surface area contributed by atoms with Crippen molar-refractivity contribution in [3.8, 4) is 16.5 Å². The first-order valence-corrected chi connectivity index (χ1v) is 7.95. The molecule has 1 aromatic carbocycles. The maximum absolute atomic E-state index is 12.3. The molecule has 6 nitrogen and oxygen atoms in total. The number of thiazole rings is 1. The van der Waals surface area contributed by atoms with E-state index in [1.165, 1.54) is 18.3 Å². The number of hydrogen-bond donors (Lipinski definition) is 1. The molecule has 0 aliphatic carbocycles. The molecule has 0 fully saturated rings. The van der Waals surface area contributed by atoms with Gasteiger partial charge in [0.25, 0.3) is 0 Å². The molecule has 7 heteroatoms. The minimum atomic E-state index is -0.533. The Kier molecular flexibility index (Phi) is 4.43. The Labute approximate surface area is 142 Å². The lowest BCUT2D eigenvalue weighted by Crippen LogP contribution is -2.10. The van der Waals surface area contributed by atoms with Gasteiger partial charge in [0.05, 0.1) is 6.26 Å². The number of aromatic nitrogens is 1. The van der Waals surface area contributed by atoms with Crippen LogP contribution in [0.1, 0.15) is 22.3 Å². The van der Waals surface area contributed by atoms with E-state index in [2.05, 4.69) is 10.3 Å². The van der Waals surface area contributed by atoms with Gasteiger partial charge in [-0.1, -0.05) is 0 Å². The van der Waals surface area contributed by atoms with Crippen LogP contribution in [0.3, 0.4) is 0 Å². The molecule has 0 saturated carbocycles. The molecule has 0 radical (unpaired) electrons. The van der Waals surface area contributed by atoms with Gasteiger partial charge in [0.1, 0.15) is 5.75 Å². The summed E-state index contributed by atoms with van der Waals surface area (Å²) >= 11 is 1.37. The first-order chi connectivity index (χ1) is 11.5. The van der Waals surface area contributed by atoms with E-state index >= 15 is 0 Å². The van der Waals surface area contributed by atoms with Crippen LogP contribution >= 0.6 is 11.3 Å². The quantitative estimate of drug-likeness (QED) is 0.574. The number of nitrogens with zero attached hydrogens (tertiary/aromatic N) is 1. The largest absolute Gasteiger partial charge is 0.462 e. The second kappa shape index (κ2) is 6.67. The highest BCUT2D eigenvalue weighted by Crippen LogP contribution is 2.28. The number of amides is 1. The van der Waals surface area contributed by atoms with Crippen molar-refractivity contribution in [2.24, 2.45) is 0 Å². The van der Waals surface area contributed by atoms with Crippen molar-refractivity contribution in [3.63, 3.8) is 0 Å². The fourth-order valence-electron chi connectivity index (χ4n) is 2.06. The number of anilines is 1. The van der Waals surface area contributed by atoms with Crippen LogP contribution in [0.5, 0.6) is 5.75 Å². The summed E-state index contributed by atoms with van der Waals surface area (Å²) in [5.74, 6) is 0.292. The van der Waals surface area contributed by atoms with E-state index < -0.39 is 5.97 Å². The smallest absolute Gasteiger partial charge is 0.363 e. The molecule has 122 valence electrons. The van der Waals surface area contributed by atoms with Crippen molar-refractivity contribution in [3.05, 3.63) is 53.2 Å². The van der Waals surface area contributed by atoms with E-state index in [4.69, 9.17) is 9.15 Å². The Morgan fingerprint density at radius 2 is 1.96 bits per heavy atom. The van der Waals surface area contributed by atoms with E-state index in [0.29, 0.717) is 22.2 Å². The number of furan rings is 1. The van der Waals surface area contributed by atoms with Gasteiger partial charge in [-0.25, -0.2) is 9.78 Å². The Hall–Kier alpha value is -2.93. The number of carbonyl (C=O) groups excluding carboxylic acids is 2. The van der Waals surface area contributed by atoms with Crippen molar-refractivity contribution >= 4 is 28.9 Å². The Bertz CT molecular complexity index is 867. The Morgan fingerprint density at radius 1 is 1.21 bits per heavy atom. The fourth-order valence-corrected chi connectivity index (χ4v) is 2.93. The zero-order chi connectivity index (χ0) is 17.1. The van der Waals surface area contributed by atoms with E-state index in [-0.39, 0.29) is 11.6 Å². The number of carbonyl (C=O) groups is 2. The molecule has 3 aromatic rings. The third-order valence-corrected chi connectivity index (χ3v) is 4.09. The van der Waals surface area contributed by atoms with E-state index in [9.17, 15) is 9.59 Å². The van der Waals surface area contributed by atoms with Crippen molar-refractivity contribution in [2.45, 2.75) is 13.8 Å². The minimum Gasteiger partial charge on any atom is -0.462 e. The molecule has 0 atom stereocenters. The number of esters is 1. The molecule has 0 unspecified atom stereocenters. The highest BCUT2D eigenvalue weighted by molar-refractivity contribution is 7.15. The Morgan fingerprint density at radius 3 is 2.58 bits per heavy atom. The lowest BCUT2D eigenvalue weighted by molar-refractivity contribution is -0.114. The summed E-state index contributed by atoms with van der Waals surface area (Å²) in [6.07, 6.45) is 1.56. The van der Waals surface area contributed by atoms with Crippen molar-refractivity contribution in [1.82, 2.24) is 4.98 Å². The molecule has 0 bridgehead atoms. The lowest BCUT2D eigenvalue weighted by atomic mass is 10.3. The first kappa shape index (κ1) is 15.9. The number of aryl methyl sites for hydroxylation is 1. The van der Waals surface area contributed by atoms with Gasteiger partial charge < -0.3 is 14.5 Å². The average Bonchev–Trinajstić information content (AvgIpc) is 3.18. The summed E-state index contributed by atoms with van der Waals surface area (Å²) < 4.78 is 10.6. The highest BCUT2D eigenvalue weighted by atomic mass is 32.1. The van der Waals surface area contributed by atoms with Gasteiger partial charge in [-0.15, -0.1) is 11.3 Å². The molecule has 24 heavy (non-hydrogen) atoms. The number of hydrogen-bond acceptors (Lipinski definition) is 6. The van der Waals surface area contributed by atoms with Crippen LogP contribution in [0, 0.1) is 6.92 Å². The van der Waals surface area contributed by atoms with E-state index in [0.717, 1.165) is 4.88 Å². The van der Waals surface area contributed by atoms with Gasteiger partial charge in [0, 0.05) is 17.5 Å². The maximum Gasteiger partial charge on any atom is 0.363 e. The van der Waals surface area contributed by atoms with Crippen LogP contribution in [0.4, 0.5) is 5.69 Å². The van der Waals surface area contributed by atoms with Gasteiger partial charge in [0.2, 0.25) is 5.91 Å². The van der Waals surface area contributed by atoms with Crippen molar-refractivity contribution < 1.29 is 18.7 Å². The van der Waals surface area contributed by atoms with E-state index in [1.807, 2.05) is 0 Å². The van der Waals surface area contributed by atoms with Crippen molar-refractivity contribution in [2.75, 3.05) is 5.32 Å². The summed E-state index contributed by atoms with van der Waals surface area (Å²) in [6.45, 7) is 3.23. The van der Waals surface area contributed by atoms with Gasteiger partial charge in [-0.05, 0) is 43.3 Å². The number of rotatable bonds is 4. The molecule has 0 aliphatic heterocycles. The second-order valence-electron chi connectivity index (χ2n) is 5.00. The highest BCUT2D eigenvalue weighted by Gasteiger charge is 2.19. The zero-order valence-electron chi connectivity index (χ0n) is 13.0. The van der Waals surface area contributed by atoms with Crippen LogP contribution in [0.25, 0.3) is 10.8 Å². The SMILES string of the molecule is CC(=O)Nc1ccc(OC(=O)c2nc(-c3ccco3)sc2C)cc1. The molecule has 3 rings (SSSR count). The van der Waals surface area contributed by atoms with Crippen LogP contribution in [0.2, 0.25) is 0 Å². The second-order valence-corrected chi connectivity index (χ2v) is 6.20. The molecule has 0 spiro atoms. The van der Waals surface area contributed by atoms with Crippen LogP contribution in [-0.4, -0.2) is 16.9 Å². The molecule has 2 aromatic heterocycles. The van der Waals surface area contributed by atoms with Crippen LogP contribution in [-0.2, 0) is 4.79 Å². The van der Waals surface area contributed by atoms with Gasteiger partial charge in [-0.3, -0.25) is 4.79 Å². The lowest BCUT2D eigenvalue weighted by Gasteiger charge is -2.05. The Balaban J connectivity index is 1.74. The first-order valence-electron chi connectivity index (χ1n) is 7.14. The van der Waals surface area contributed by atoms with Crippen molar-refractivity contribution in [1.29, 1.82) is 0 Å². The monoisotopic (exact) mass is 342 g/mol. The number of nitrogens with one attached hydrogen (secondary N) is 1. The van der Waals surface area contributed by atoms with Crippen LogP contribution in [0.15, 0.2) is 47.1 Å². The standard InChI is InChI=1S/C17H14N2O4S/c1-10-15(19-16(24-10)14-4-3-9-22-14)17(21)23-13-7-5-12(6-8-13)18-11(2)20/h3-9H,1-2H3,(H,18,20). The summed E-state index contributed by atoms with van der Waals surface area (Å²) in [5.41, 5.74) is 0.893. The van der Waals surface area contributed by atoms with Gasteiger partial charge in [0.15, 0.2) is 16.5 Å². The molecule has 0 aliphatic rings. The topological polar surface area (TPSA) is 81.4 Å². The van der Waals surface area contributed by atoms with E-state index in [1.54, 1.807) is 49.6 Å². The average molecular weight is 342 g/mol. The molecule has 2 heterocycles. The molecule has 1 amide bonds. The summed E-state index contributed by atoms with van der Waals surface area (Å²) in [6, 6.07) is 10.1. The molecule has 0 saturated heterocycles. The molecule has 1 N–H and O–H groups in total. The summed E-state index contributed by atoms with van der Waals surface area (Å²) in [4.78, 5) is 28.3. The van der Waals surface area contributed by atoms with Gasteiger partial charge in [-0.2, -0.15) is 0 Å². The third kappa shape index (κ3) is 3.52.